The van der Waals surface area contributed by atoms with E-state index in [4.69, 9.17) is 5.11 Å². The van der Waals surface area contributed by atoms with Crippen molar-refractivity contribution in [2.24, 2.45) is 11.3 Å². The zero-order valence-electron chi connectivity index (χ0n) is 11.0. The quantitative estimate of drug-likeness (QED) is 0.615. The number of carboxylic acid groups (broad SMARTS) is 1. The van der Waals surface area contributed by atoms with Crippen molar-refractivity contribution in [1.82, 2.24) is 0 Å². The van der Waals surface area contributed by atoms with Crippen molar-refractivity contribution in [2.45, 2.75) is 25.7 Å². The molecule has 0 aromatic heterocycles. The van der Waals surface area contributed by atoms with E-state index in [1.807, 2.05) is 0 Å². The van der Waals surface area contributed by atoms with Crippen LogP contribution < -0.4 is 5.32 Å². The highest BCUT2D eigenvalue weighted by Crippen LogP contribution is 2.61. The monoisotopic (exact) mass is 276 g/mol. The fraction of sp³-hybridized carbons (Fsp3) is 0.500. The molecule has 6 nitrogen and oxygen atoms in total. The van der Waals surface area contributed by atoms with E-state index in [-0.39, 0.29) is 11.3 Å². The van der Waals surface area contributed by atoms with E-state index < -0.39 is 10.9 Å². The molecule has 3 rings (SSSR count). The van der Waals surface area contributed by atoms with Gasteiger partial charge in [-0.2, -0.15) is 0 Å². The molecule has 0 spiro atoms. The number of anilines is 1. The Balaban J connectivity index is 1.80. The van der Waals surface area contributed by atoms with Crippen LogP contribution in [0, 0.1) is 21.4 Å². The lowest BCUT2D eigenvalue weighted by Crippen LogP contribution is -2.19. The Morgan fingerprint density at radius 2 is 2.15 bits per heavy atom. The molecule has 2 aliphatic rings. The lowest BCUT2D eigenvalue weighted by molar-refractivity contribution is -0.384. The Morgan fingerprint density at radius 1 is 1.45 bits per heavy atom. The minimum Gasteiger partial charge on any atom is -0.478 e. The fourth-order valence-corrected chi connectivity index (χ4v) is 2.84. The van der Waals surface area contributed by atoms with Gasteiger partial charge in [0.1, 0.15) is 0 Å². The predicted molar refractivity (Wildman–Crippen MR) is 72.9 cm³/mol. The number of hydrogen-bond acceptors (Lipinski definition) is 4. The summed E-state index contributed by atoms with van der Waals surface area (Å²) in [7, 11) is 0. The number of nitrogens with zero attached hydrogens (tertiary/aromatic N) is 1. The molecule has 0 heterocycles. The number of carboxylic acids is 1. The molecule has 1 aromatic rings. The molecule has 0 amide bonds. The van der Waals surface area contributed by atoms with Crippen LogP contribution in [0.3, 0.4) is 0 Å². The predicted octanol–water partition coefficient (Wildman–Crippen LogP) is 2.90. The van der Waals surface area contributed by atoms with Crippen LogP contribution in [0.5, 0.6) is 0 Å². The van der Waals surface area contributed by atoms with Crippen molar-refractivity contribution in [1.29, 1.82) is 0 Å². The summed E-state index contributed by atoms with van der Waals surface area (Å²) < 4.78 is 0. The SMILES string of the molecule is O=C(O)c1ccc([N+](=O)[O-])cc1NCC1(C2CC2)CC1. The first-order valence-electron chi connectivity index (χ1n) is 6.77. The van der Waals surface area contributed by atoms with Crippen LogP contribution >= 0.6 is 0 Å². The zero-order valence-corrected chi connectivity index (χ0v) is 11.0. The van der Waals surface area contributed by atoms with Crippen LogP contribution in [0.2, 0.25) is 0 Å². The maximum absolute atomic E-state index is 11.2. The largest absolute Gasteiger partial charge is 0.478 e. The normalized spacial score (nSPS) is 19.4. The fourth-order valence-electron chi connectivity index (χ4n) is 2.84. The molecule has 0 bridgehead atoms. The van der Waals surface area contributed by atoms with Crippen molar-refractivity contribution in [3.63, 3.8) is 0 Å². The number of nitrogens with one attached hydrogen (secondary N) is 1. The number of nitro benzene ring substituents is 1. The third-order valence-electron chi connectivity index (χ3n) is 4.41. The van der Waals surface area contributed by atoms with E-state index in [0.717, 1.165) is 5.92 Å². The average molecular weight is 276 g/mol. The van der Waals surface area contributed by atoms with Gasteiger partial charge in [0.2, 0.25) is 0 Å². The van der Waals surface area contributed by atoms with Crippen molar-refractivity contribution in [3.8, 4) is 0 Å². The minimum atomic E-state index is -1.07. The number of non-ortho nitro benzene ring substituents is 1. The Bertz CT molecular complexity index is 577. The molecule has 0 aliphatic heterocycles. The van der Waals surface area contributed by atoms with Crippen molar-refractivity contribution < 1.29 is 14.8 Å². The topological polar surface area (TPSA) is 92.5 Å². The first-order valence-corrected chi connectivity index (χ1v) is 6.77. The van der Waals surface area contributed by atoms with Gasteiger partial charge >= 0.3 is 5.97 Å². The van der Waals surface area contributed by atoms with Crippen molar-refractivity contribution >= 4 is 17.3 Å². The molecule has 0 unspecified atom stereocenters. The summed E-state index contributed by atoms with van der Waals surface area (Å²) in [6.45, 7) is 0.707. The van der Waals surface area contributed by atoms with E-state index >= 15 is 0 Å². The maximum atomic E-state index is 11.2. The maximum Gasteiger partial charge on any atom is 0.337 e. The van der Waals surface area contributed by atoms with E-state index in [0.29, 0.717) is 17.6 Å². The van der Waals surface area contributed by atoms with Gasteiger partial charge in [0.25, 0.3) is 5.69 Å². The second-order valence-corrected chi connectivity index (χ2v) is 5.78. The molecule has 2 fully saturated rings. The molecular formula is C14H16N2O4. The minimum absolute atomic E-state index is 0.0854. The van der Waals surface area contributed by atoms with Crippen LogP contribution in [0.25, 0.3) is 0 Å². The number of aromatic carboxylic acids is 1. The third-order valence-corrected chi connectivity index (χ3v) is 4.41. The molecule has 2 saturated carbocycles. The summed E-state index contributed by atoms with van der Waals surface area (Å²) in [5.74, 6) is -0.319. The summed E-state index contributed by atoms with van der Waals surface area (Å²) >= 11 is 0. The smallest absolute Gasteiger partial charge is 0.337 e. The third kappa shape index (κ3) is 2.33. The molecule has 2 N–H and O–H groups in total. The summed E-state index contributed by atoms with van der Waals surface area (Å²) in [5, 5.41) is 23.1. The van der Waals surface area contributed by atoms with Gasteiger partial charge in [0.05, 0.1) is 16.2 Å². The second kappa shape index (κ2) is 4.47. The lowest BCUT2D eigenvalue weighted by atomic mass is 10.0. The first kappa shape index (κ1) is 12.9. The highest BCUT2D eigenvalue weighted by Gasteiger charge is 2.53. The standard InChI is InChI=1S/C14H16N2O4/c17-13(18)11-4-3-10(16(19)20)7-12(11)15-8-14(5-6-14)9-1-2-9/h3-4,7,9,15H,1-2,5-6,8H2,(H,17,18). The van der Waals surface area contributed by atoms with Crippen LogP contribution in [0.1, 0.15) is 36.0 Å². The molecule has 0 saturated heterocycles. The first-order chi connectivity index (χ1) is 9.52. The summed E-state index contributed by atoms with van der Waals surface area (Å²) in [4.78, 5) is 21.5. The molecular weight excluding hydrogens is 260 g/mol. The highest BCUT2D eigenvalue weighted by molar-refractivity contribution is 5.94. The summed E-state index contributed by atoms with van der Waals surface area (Å²) in [5.41, 5.74) is 0.648. The molecule has 0 radical (unpaired) electrons. The van der Waals surface area contributed by atoms with E-state index in [2.05, 4.69) is 5.32 Å². The number of nitro groups is 1. The van der Waals surface area contributed by atoms with E-state index in [9.17, 15) is 14.9 Å². The highest BCUT2D eigenvalue weighted by atomic mass is 16.6. The van der Waals surface area contributed by atoms with Gasteiger partial charge in [-0.05, 0) is 43.1 Å². The van der Waals surface area contributed by atoms with Gasteiger partial charge in [0.15, 0.2) is 0 Å². The van der Waals surface area contributed by atoms with Crippen LogP contribution in [0.4, 0.5) is 11.4 Å². The van der Waals surface area contributed by atoms with Gasteiger partial charge in [0, 0.05) is 18.7 Å². The molecule has 6 heteroatoms. The number of benzene rings is 1. The van der Waals surface area contributed by atoms with Crippen LogP contribution in [-0.2, 0) is 0 Å². The number of rotatable bonds is 6. The van der Waals surface area contributed by atoms with Gasteiger partial charge in [-0.25, -0.2) is 4.79 Å². The Kier molecular flexibility index (Phi) is 2.88. The summed E-state index contributed by atoms with van der Waals surface area (Å²) in [6, 6.07) is 3.83. The molecule has 106 valence electrons. The van der Waals surface area contributed by atoms with Gasteiger partial charge in [-0.1, -0.05) is 0 Å². The van der Waals surface area contributed by atoms with Crippen molar-refractivity contribution in [3.05, 3.63) is 33.9 Å². The van der Waals surface area contributed by atoms with Gasteiger partial charge in [-0.3, -0.25) is 10.1 Å². The average Bonchev–Trinajstić information content (AvgIpc) is 3.27. The van der Waals surface area contributed by atoms with E-state index in [1.54, 1.807) is 0 Å². The van der Waals surface area contributed by atoms with Crippen LogP contribution in [-0.4, -0.2) is 22.5 Å². The van der Waals surface area contributed by atoms with E-state index in [1.165, 1.54) is 43.9 Å². The Morgan fingerprint density at radius 3 is 2.65 bits per heavy atom. The van der Waals surface area contributed by atoms with Gasteiger partial charge < -0.3 is 10.4 Å². The molecule has 0 atom stereocenters. The zero-order chi connectivity index (χ0) is 14.3. The molecule has 1 aromatic carbocycles. The molecule has 2 aliphatic carbocycles. The number of carbonyl (C=O) groups is 1. The Labute approximate surface area is 115 Å². The number of hydrogen-bond donors (Lipinski definition) is 2. The Hall–Kier alpha value is -2.11. The van der Waals surface area contributed by atoms with Crippen molar-refractivity contribution in [2.75, 3.05) is 11.9 Å². The molecule has 20 heavy (non-hydrogen) atoms. The lowest BCUT2D eigenvalue weighted by Gasteiger charge is -2.17. The van der Waals surface area contributed by atoms with Gasteiger partial charge in [-0.15, -0.1) is 0 Å². The van der Waals surface area contributed by atoms with Crippen LogP contribution in [0.15, 0.2) is 18.2 Å². The summed E-state index contributed by atoms with van der Waals surface area (Å²) in [6.07, 6.45) is 4.84. The second-order valence-electron chi connectivity index (χ2n) is 5.78.